The second-order valence-corrected chi connectivity index (χ2v) is 19.1. The molecule has 3 heterocycles. The number of fused-ring (bicyclic) bond motifs is 6. The van der Waals surface area contributed by atoms with E-state index in [4.69, 9.17) is 9.97 Å². The molecule has 3 aromatic heterocycles. The summed E-state index contributed by atoms with van der Waals surface area (Å²) in [6.45, 7) is 0. The Morgan fingerprint density at radius 2 is 0.513 bits per heavy atom. The average Bonchev–Trinajstić information content (AvgIpc) is 4.08. The lowest BCUT2D eigenvalue weighted by atomic mass is 10.0. The average molecular weight is 973 g/mol. The van der Waals surface area contributed by atoms with Gasteiger partial charge in [0, 0.05) is 67.3 Å². The van der Waals surface area contributed by atoms with Gasteiger partial charge in [-0.05, 0) is 131 Å². The number of nitrogens with zero attached hydrogens (tertiary/aromatic N) is 6. The van der Waals surface area contributed by atoms with Crippen LogP contribution in [0.3, 0.4) is 0 Å². The Balaban J connectivity index is 1.03. The van der Waals surface area contributed by atoms with Crippen LogP contribution in [0.15, 0.2) is 291 Å². The molecule has 0 spiro atoms. The summed E-state index contributed by atoms with van der Waals surface area (Å²) in [6.07, 6.45) is 0. The Hall–Kier alpha value is -10.3. The van der Waals surface area contributed by atoms with Crippen LogP contribution in [0.25, 0.3) is 88.9 Å². The van der Waals surface area contributed by atoms with Gasteiger partial charge in [0.25, 0.3) is 0 Å². The Morgan fingerprint density at radius 1 is 0.224 bits per heavy atom. The fourth-order valence-corrected chi connectivity index (χ4v) is 11.0. The zero-order chi connectivity index (χ0) is 50.4. The molecule has 11 aromatic carbocycles. The normalized spacial score (nSPS) is 11.4. The summed E-state index contributed by atoms with van der Waals surface area (Å²) in [6, 6.07) is 104. The lowest BCUT2D eigenvalue weighted by molar-refractivity contribution is 0.994. The molecule has 0 fully saturated rings. The molecular weight excluding hydrogens is 925 g/mol. The highest BCUT2D eigenvalue weighted by atomic mass is 15.2. The number of benzene rings is 11. The van der Waals surface area contributed by atoms with Crippen molar-refractivity contribution >= 4 is 77.7 Å². The van der Waals surface area contributed by atoms with Gasteiger partial charge < -0.3 is 9.80 Å². The highest BCUT2D eigenvalue weighted by Gasteiger charge is 2.23. The monoisotopic (exact) mass is 972 g/mol. The molecule has 0 aliphatic rings. The Bertz CT molecular complexity index is 4030. The number of rotatable bonds is 11. The van der Waals surface area contributed by atoms with Crippen LogP contribution in [0.1, 0.15) is 0 Å². The standard InChI is InChI=1S/C70H48N6/c1-8-22-49(23-9-1)52-36-40-64-60(44-52)62-46-58(73(54-28-14-4-15-29-54)55-30-16-5-17-31-55)38-42-66(62)75(64)68-48-69(72-70(71-68)51-26-12-3-13-27-51)76-65-41-37-53(50-24-10-2-11-25-50)45-61(65)63-47-59(39-43-67(63)76)74(56-32-18-6-19-33-56)57-34-20-7-21-35-57/h1-48H. The maximum atomic E-state index is 5.53. The van der Waals surface area contributed by atoms with Gasteiger partial charge in [0.15, 0.2) is 5.82 Å². The fraction of sp³-hybridized carbons (Fsp3) is 0. The topological polar surface area (TPSA) is 42.1 Å². The Labute approximate surface area is 440 Å². The zero-order valence-electron chi connectivity index (χ0n) is 41.4. The van der Waals surface area contributed by atoms with Gasteiger partial charge in [-0.3, -0.25) is 9.13 Å². The van der Waals surface area contributed by atoms with Crippen LogP contribution >= 0.6 is 0 Å². The van der Waals surface area contributed by atoms with E-state index in [0.717, 1.165) is 117 Å². The van der Waals surface area contributed by atoms with E-state index in [0.29, 0.717) is 5.82 Å². The van der Waals surface area contributed by atoms with Crippen molar-refractivity contribution in [3.63, 3.8) is 0 Å². The molecule has 0 atom stereocenters. The third kappa shape index (κ3) is 7.93. The molecular formula is C70H48N6. The molecule has 6 heteroatoms. The third-order valence-corrected chi connectivity index (χ3v) is 14.5. The van der Waals surface area contributed by atoms with E-state index in [1.165, 1.54) is 0 Å². The van der Waals surface area contributed by atoms with Gasteiger partial charge in [0.2, 0.25) is 0 Å². The van der Waals surface area contributed by atoms with Crippen molar-refractivity contribution in [3.05, 3.63) is 291 Å². The minimum atomic E-state index is 0.631. The number of aromatic nitrogens is 4. The minimum Gasteiger partial charge on any atom is -0.310 e. The van der Waals surface area contributed by atoms with E-state index in [9.17, 15) is 0 Å². The van der Waals surface area contributed by atoms with E-state index < -0.39 is 0 Å². The van der Waals surface area contributed by atoms with E-state index >= 15 is 0 Å². The van der Waals surface area contributed by atoms with Crippen LogP contribution in [0.4, 0.5) is 34.1 Å². The molecule has 0 saturated heterocycles. The molecule has 0 aliphatic carbocycles. The van der Waals surface area contributed by atoms with Crippen molar-refractivity contribution in [2.75, 3.05) is 9.80 Å². The predicted molar refractivity (Wildman–Crippen MR) is 316 cm³/mol. The largest absolute Gasteiger partial charge is 0.310 e. The van der Waals surface area contributed by atoms with E-state index in [2.05, 4.69) is 304 Å². The first kappa shape index (κ1) is 44.4. The second kappa shape index (κ2) is 19.0. The van der Waals surface area contributed by atoms with Gasteiger partial charge in [-0.2, -0.15) is 0 Å². The summed E-state index contributed by atoms with van der Waals surface area (Å²) in [7, 11) is 0. The molecule has 0 N–H and O–H groups in total. The molecule has 0 unspecified atom stereocenters. The molecule has 0 amide bonds. The lowest BCUT2D eigenvalue weighted by Crippen LogP contribution is -2.10. The molecule has 14 aromatic rings. The molecule has 0 bridgehead atoms. The zero-order valence-corrected chi connectivity index (χ0v) is 41.4. The maximum Gasteiger partial charge on any atom is 0.163 e. The van der Waals surface area contributed by atoms with Crippen molar-refractivity contribution in [1.29, 1.82) is 0 Å². The van der Waals surface area contributed by atoms with Gasteiger partial charge in [0.05, 0.1) is 22.1 Å². The molecule has 0 saturated carbocycles. The summed E-state index contributed by atoms with van der Waals surface area (Å²) >= 11 is 0. The molecule has 0 radical (unpaired) electrons. The van der Waals surface area contributed by atoms with E-state index in [-0.39, 0.29) is 0 Å². The van der Waals surface area contributed by atoms with Gasteiger partial charge in [-0.15, -0.1) is 0 Å². The third-order valence-electron chi connectivity index (χ3n) is 14.5. The first-order chi connectivity index (χ1) is 37.7. The first-order valence-electron chi connectivity index (χ1n) is 25.7. The molecule has 14 rings (SSSR count). The number of hydrogen-bond donors (Lipinski definition) is 0. The molecule has 358 valence electrons. The minimum absolute atomic E-state index is 0.631. The first-order valence-corrected chi connectivity index (χ1v) is 25.7. The van der Waals surface area contributed by atoms with Crippen molar-refractivity contribution in [3.8, 4) is 45.3 Å². The van der Waals surface area contributed by atoms with Crippen LogP contribution in [-0.2, 0) is 0 Å². The van der Waals surface area contributed by atoms with E-state index in [1.54, 1.807) is 0 Å². The SMILES string of the molecule is c1ccc(-c2ccc3c(c2)c2cc(N(c4ccccc4)c4ccccc4)ccc2n3-c2cc(-n3c4ccc(-c5ccccc5)cc4c4cc(N(c5ccccc5)c5ccccc5)ccc43)nc(-c3ccccc3)n2)cc1. The summed E-state index contributed by atoms with van der Waals surface area (Å²) < 4.78 is 4.65. The van der Waals surface area contributed by atoms with Crippen LogP contribution in [0.2, 0.25) is 0 Å². The number of anilines is 6. The Kier molecular flexibility index (Phi) is 11.1. The van der Waals surface area contributed by atoms with Crippen LogP contribution in [0, 0.1) is 0 Å². The smallest absolute Gasteiger partial charge is 0.163 e. The predicted octanol–water partition coefficient (Wildman–Crippen LogP) is 18.6. The molecule has 6 nitrogen and oxygen atoms in total. The maximum absolute atomic E-state index is 5.53. The fourth-order valence-electron chi connectivity index (χ4n) is 11.0. The van der Waals surface area contributed by atoms with Gasteiger partial charge in [0.1, 0.15) is 11.6 Å². The Morgan fingerprint density at radius 3 is 0.855 bits per heavy atom. The van der Waals surface area contributed by atoms with Gasteiger partial charge >= 0.3 is 0 Å². The summed E-state index contributed by atoms with van der Waals surface area (Å²) in [5, 5.41) is 4.48. The molecule has 76 heavy (non-hydrogen) atoms. The van der Waals surface area contributed by atoms with Crippen molar-refractivity contribution < 1.29 is 0 Å². The molecule has 0 aliphatic heterocycles. The summed E-state index contributed by atoms with van der Waals surface area (Å²) in [5.74, 6) is 2.16. The highest BCUT2D eigenvalue weighted by Crippen LogP contribution is 2.44. The van der Waals surface area contributed by atoms with Crippen LogP contribution < -0.4 is 9.80 Å². The van der Waals surface area contributed by atoms with Gasteiger partial charge in [-0.25, -0.2) is 9.97 Å². The van der Waals surface area contributed by atoms with Gasteiger partial charge in [-0.1, -0.05) is 176 Å². The number of hydrogen-bond acceptors (Lipinski definition) is 4. The van der Waals surface area contributed by atoms with Crippen LogP contribution in [-0.4, -0.2) is 19.1 Å². The summed E-state index contributed by atoms with van der Waals surface area (Å²) in [4.78, 5) is 15.7. The summed E-state index contributed by atoms with van der Waals surface area (Å²) in [5.41, 5.74) is 16.1. The van der Waals surface area contributed by atoms with Crippen molar-refractivity contribution in [2.24, 2.45) is 0 Å². The van der Waals surface area contributed by atoms with Crippen molar-refractivity contribution in [2.45, 2.75) is 0 Å². The number of para-hydroxylation sites is 4. The lowest BCUT2D eigenvalue weighted by Gasteiger charge is -2.25. The quantitative estimate of drug-likeness (QED) is 0.130. The van der Waals surface area contributed by atoms with E-state index in [1.807, 2.05) is 6.07 Å². The van der Waals surface area contributed by atoms with Crippen molar-refractivity contribution in [1.82, 2.24) is 19.1 Å². The second-order valence-electron chi connectivity index (χ2n) is 19.1. The highest BCUT2D eigenvalue weighted by molar-refractivity contribution is 6.13. The van der Waals surface area contributed by atoms with Crippen LogP contribution in [0.5, 0.6) is 0 Å².